The van der Waals surface area contributed by atoms with Crippen molar-refractivity contribution in [3.63, 3.8) is 0 Å². The number of anilines is 2. The first-order valence-electron chi connectivity index (χ1n) is 6.73. The number of carbonyl (C=O) groups excluding carboxylic acids is 1. The molecule has 0 aromatic carbocycles. The Morgan fingerprint density at radius 2 is 2.14 bits per heavy atom. The Balaban J connectivity index is 2.07. The Bertz CT molecular complexity index is 518. The van der Waals surface area contributed by atoms with Crippen LogP contribution in [0.1, 0.15) is 0 Å². The quantitative estimate of drug-likeness (QED) is 0.925. The molecule has 2 amide bonds. The van der Waals surface area contributed by atoms with Crippen molar-refractivity contribution in [3.8, 4) is 0 Å². The molecule has 0 aliphatic carbocycles. The van der Waals surface area contributed by atoms with Gasteiger partial charge in [0.15, 0.2) is 5.82 Å². The first-order valence-corrected chi connectivity index (χ1v) is 6.73. The van der Waals surface area contributed by atoms with Crippen LogP contribution in [0.4, 0.5) is 29.5 Å². The van der Waals surface area contributed by atoms with E-state index in [1.165, 1.54) is 0 Å². The molecule has 2 heterocycles. The number of ether oxygens (including phenoxy) is 1. The summed E-state index contributed by atoms with van der Waals surface area (Å²) >= 11 is 0. The molecule has 0 bridgehead atoms. The van der Waals surface area contributed by atoms with Crippen LogP contribution in [-0.2, 0) is 4.74 Å². The molecule has 6 nitrogen and oxygen atoms in total. The van der Waals surface area contributed by atoms with Gasteiger partial charge >= 0.3 is 12.2 Å². The molecule has 9 heteroatoms. The maximum Gasteiger partial charge on any atom is 0.406 e. The van der Waals surface area contributed by atoms with Gasteiger partial charge in [-0.3, -0.25) is 0 Å². The number of halogens is 3. The number of alkyl halides is 3. The molecular weight excluding hydrogens is 301 g/mol. The van der Waals surface area contributed by atoms with E-state index < -0.39 is 18.8 Å². The van der Waals surface area contributed by atoms with Crippen molar-refractivity contribution in [2.75, 3.05) is 50.1 Å². The van der Waals surface area contributed by atoms with E-state index in [-0.39, 0.29) is 0 Å². The number of urea groups is 1. The summed E-state index contributed by atoms with van der Waals surface area (Å²) in [4.78, 5) is 18.6. The first kappa shape index (κ1) is 16.3. The lowest BCUT2D eigenvalue weighted by Crippen LogP contribution is -2.40. The molecule has 0 unspecified atom stereocenters. The first-order chi connectivity index (χ1) is 10.4. The molecule has 0 spiro atoms. The zero-order chi connectivity index (χ0) is 16.2. The van der Waals surface area contributed by atoms with Gasteiger partial charge in [-0.15, -0.1) is 0 Å². The summed E-state index contributed by atoms with van der Waals surface area (Å²) in [5, 5.41) is 2.47. The van der Waals surface area contributed by atoms with Crippen LogP contribution >= 0.6 is 0 Å². The van der Waals surface area contributed by atoms with Gasteiger partial charge in [0.1, 0.15) is 6.54 Å². The highest BCUT2D eigenvalue weighted by molar-refractivity contribution is 5.92. The summed E-state index contributed by atoms with van der Waals surface area (Å²) in [6.07, 6.45) is -2.87. The van der Waals surface area contributed by atoms with Gasteiger partial charge < -0.3 is 19.9 Å². The van der Waals surface area contributed by atoms with Crippen molar-refractivity contribution in [3.05, 3.63) is 18.3 Å². The molecular formula is C13H17F3N4O2. The summed E-state index contributed by atoms with van der Waals surface area (Å²) in [6.45, 7) is 0.985. The SMILES string of the molecule is CN(CC(F)(F)F)C(=O)Nc1cccnc1N1CCOCC1. The van der Waals surface area contributed by atoms with Crippen LogP contribution in [0.15, 0.2) is 18.3 Å². The van der Waals surface area contributed by atoms with E-state index in [1.807, 2.05) is 4.90 Å². The molecule has 2 rings (SSSR count). The van der Waals surface area contributed by atoms with Crippen molar-refractivity contribution in [2.24, 2.45) is 0 Å². The lowest BCUT2D eigenvalue weighted by Gasteiger charge is -2.29. The predicted octanol–water partition coefficient (Wildman–Crippen LogP) is 1.94. The molecule has 1 saturated heterocycles. The smallest absolute Gasteiger partial charge is 0.378 e. The van der Waals surface area contributed by atoms with E-state index in [4.69, 9.17) is 4.74 Å². The minimum atomic E-state index is -4.44. The summed E-state index contributed by atoms with van der Waals surface area (Å²) in [5.41, 5.74) is 0.378. The predicted molar refractivity (Wildman–Crippen MR) is 75.0 cm³/mol. The number of nitrogens with zero attached hydrogens (tertiary/aromatic N) is 3. The maximum atomic E-state index is 12.3. The molecule has 1 aromatic heterocycles. The third kappa shape index (κ3) is 4.48. The fraction of sp³-hybridized carbons (Fsp3) is 0.538. The molecule has 1 aliphatic heterocycles. The highest BCUT2D eigenvalue weighted by atomic mass is 19.4. The van der Waals surface area contributed by atoms with E-state index in [0.29, 0.717) is 42.7 Å². The van der Waals surface area contributed by atoms with Gasteiger partial charge in [-0.2, -0.15) is 13.2 Å². The van der Waals surface area contributed by atoms with Gasteiger partial charge in [0.25, 0.3) is 0 Å². The van der Waals surface area contributed by atoms with Gasteiger partial charge in [-0.05, 0) is 12.1 Å². The Labute approximate surface area is 125 Å². The van der Waals surface area contributed by atoms with E-state index in [2.05, 4.69) is 10.3 Å². The lowest BCUT2D eigenvalue weighted by molar-refractivity contribution is -0.137. The number of aromatic nitrogens is 1. The van der Waals surface area contributed by atoms with Gasteiger partial charge in [-0.25, -0.2) is 9.78 Å². The molecule has 0 saturated carbocycles. The van der Waals surface area contributed by atoms with Crippen LogP contribution in [0, 0.1) is 0 Å². The third-order valence-electron chi connectivity index (χ3n) is 3.10. The zero-order valence-electron chi connectivity index (χ0n) is 12.1. The molecule has 0 radical (unpaired) electrons. The average molecular weight is 318 g/mol. The molecule has 0 atom stereocenters. The van der Waals surface area contributed by atoms with Crippen LogP contribution in [0.25, 0.3) is 0 Å². The Morgan fingerprint density at radius 3 is 2.77 bits per heavy atom. The number of rotatable bonds is 3. The standard InChI is InChI=1S/C13H17F3N4O2/c1-19(9-13(14,15)16)12(21)18-10-3-2-4-17-11(10)20-5-7-22-8-6-20/h2-4H,5-9H2,1H3,(H,18,21). The normalized spacial score (nSPS) is 15.5. The summed E-state index contributed by atoms with van der Waals surface area (Å²) in [6, 6.07) is 2.39. The maximum absolute atomic E-state index is 12.3. The molecule has 1 fully saturated rings. The molecule has 122 valence electrons. The number of carbonyl (C=O) groups is 1. The minimum absolute atomic E-state index is 0.378. The van der Waals surface area contributed by atoms with Gasteiger partial charge in [0.2, 0.25) is 0 Å². The summed E-state index contributed by atoms with van der Waals surface area (Å²) < 4.78 is 42.2. The van der Waals surface area contributed by atoms with Crippen LogP contribution < -0.4 is 10.2 Å². The van der Waals surface area contributed by atoms with Crippen molar-refractivity contribution < 1.29 is 22.7 Å². The van der Waals surface area contributed by atoms with E-state index in [1.54, 1.807) is 18.3 Å². The van der Waals surface area contributed by atoms with Crippen molar-refractivity contribution >= 4 is 17.5 Å². The van der Waals surface area contributed by atoms with Crippen molar-refractivity contribution in [1.82, 2.24) is 9.88 Å². The monoisotopic (exact) mass is 318 g/mol. The number of hydrogen-bond donors (Lipinski definition) is 1. The largest absolute Gasteiger partial charge is 0.406 e. The Hall–Kier alpha value is -2.03. The van der Waals surface area contributed by atoms with Crippen LogP contribution in [0.3, 0.4) is 0 Å². The second-order valence-corrected chi connectivity index (χ2v) is 4.88. The fourth-order valence-corrected chi connectivity index (χ4v) is 2.07. The second-order valence-electron chi connectivity index (χ2n) is 4.88. The number of nitrogens with one attached hydrogen (secondary N) is 1. The van der Waals surface area contributed by atoms with Crippen LogP contribution in [0.5, 0.6) is 0 Å². The number of morpholine rings is 1. The highest BCUT2D eigenvalue weighted by Crippen LogP contribution is 2.24. The van der Waals surface area contributed by atoms with E-state index >= 15 is 0 Å². The molecule has 1 aromatic rings. The molecule has 1 aliphatic rings. The minimum Gasteiger partial charge on any atom is -0.378 e. The van der Waals surface area contributed by atoms with Crippen molar-refractivity contribution in [2.45, 2.75) is 6.18 Å². The van der Waals surface area contributed by atoms with Crippen LogP contribution in [0.2, 0.25) is 0 Å². The summed E-state index contributed by atoms with van der Waals surface area (Å²) in [5.74, 6) is 0.527. The average Bonchev–Trinajstić information content (AvgIpc) is 2.47. The topological polar surface area (TPSA) is 57.7 Å². The molecule has 22 heavy (non-hydrogen) atoms. The molecule has 1 N–H and O–H groups in total. The number of amides is 2. The van der Waals surface area contributed by atoms with Crippen molar-refractivity contribution in [1.29, 1.82) is 0 Å². The Kier molecular flexibility index (Phi) is 5.07. The number of hydrogen-bond acceptors (Lipinski definition) is 4. The van der Waals surface area contributed by atoms with E-state index in [9.17, 15) is 18.0 Å². The Morgan fingerprint density at radius 1 is 1.45 bits per heavy atom. The van der Waals surface area contributed by atoms with Crippen LogP contribution in [-0.4, -0.2) is 62.0 Å². The fourth-order valence-electron chi connectivity index (χ4n) is 2.07. The second kappa shape index (κ2) is 6.82. The highest BCUT2D eigenvalue weighted by Gasteiger charge is 2.31. The lowest BCUT2D eigenvalue weighted by atomic mass is 10.3. The third-order valence-corrected chi connectivity index (χ3v) is 3.10. The van der Waals surface area contributed by atoms with Gasteiger partial charge in [0, 0.05) is 26.3 Å². The van der Waals surface area contributed by atoms with E-state index in [0.717, 1.165) is 7.05 Å². The summed E-state index contributed by atoms with van der Waals surface area (Å²) in [7, 11) is 1.09. The van der Waals surface area contributed by atoms with Gasteiger partial charge in [0.05, 0.1) is 18.9 Å². The number of pyridine rings is 1. The zero-order valence-corrected chi connectivity index (χ0v) is 12.1. The van der Waals surface area contributed by atoms with Gasteiger partial charge in [-0.1, -0.05) is 0 Å².